The van der Waals surface area contributed by atoms with E-state index in [2.05, 4.69) is 36.5 Å². The molecule has 0 unspecified atom stereocenters. The first-order valence-corrected chi connectivity index (χ1v) is 7.15. The highest BCUT2D eigenvalue weighted by atomic mass is 35.5. The minimum absolute atomic E-state index is 0.128. The van der Waals surface area contributed by atoms with Gasteiger partial charge in [-0.15, -0.1) is 11.3 Å². The van der Waals surface area contributed by atoms with Crippen LogP contribution < -0.4 is 5.32 Å². The molecule has 0 amide bonds. The molecule has 0 saturated heterocycles. The van der Waals surface area contributed by atoms with Gasteiger partial charge in [-0.05, 0) is 24.3 Å². The van der Waals surface area contributed by atoms with Crippen LogP contribution in [-0.4, -0.2) is 4.98 Å². The molecule has 4 heteroatoms. The van der Waals surface area contributed by atoms with Gasteiger partial charge in [0.1, 0.15) is 0 Å². The maximum Gasteiger partial charge on any atom is 0.0982 e. The zero-order valence-electron chi connectivity index (χ0n) is 10.8. The van der Waals surface area contributed by atoms with Crippen molar-refractivity contribution in [2.45, 2.75) is 32.7 Å². The molecule has 0 aliphatic rings. The van der Waals surface area contributed by atoms with Crippen molar-refractivity contribution in [3.63, 3.8) is 0 Å². The monoisotopic (exact) mass is 280 g/mol. The number of nitrogens with zero attached hydrogens (tertiary/aromatic N) is 1. The Morgan fingerprint density at radius 1 is 1.22 bits per heavy atom. The van der Waals surface area contributed by atoms with E-state index in [1.807, 2.05) is 24.3 Å². The first-order valence-electron chi connectivity index (χ1n) is 5.89. The first kappa shape index (κ1) is 13.4. The van der Waals surface area contributed by atoms with Crippen LogP contribution in [0.15, 0.2) is 29.6 Å². The van der Waals surface area contributed by atoms with Gasteiger partial charge in [0.25, 0.3) is 0 Å². The quantitative estimate of drug-likeness (QED) is 0.881. The van der Waals surface area contributed by atoms with Gasteiger partial charge in [0.05, 0.1) is 17.2 Å². The van der Waals surface area contributed by atoms with Gasteiger partial charge < -0.3 is 5.32 Å². The molecule has 0 aliphatic carbocycles. The molecule has 2 nitrogen and oxygen atoms in total. The number of thiazole rings is 1. The Hall–Kier alpha value is -1.06. The van der Waals surface area contributed by atoms with Crippen LogP contribution in [0.3, 0.4) is 0 Å². The minimum atomic E-state index is 0.128. The summed E-state index contributed by atoms with van der Waals surface area (Å²) in [6, 6.07) is 7.70. The van der Waals surface area contributed by atoms with Crippen molar-refractivity contribution in [2.75, 3.05) is 5.32 Å². The van der Waals surface area contributed by atoms with Crippen LogP contribution in [0.25, 0.3) is 0 Å². The molecule has 0 atom stereocenters. The van der Waals surface area contributed by atoms with Gasteiger partial charge >= 0.3 is 0 Å². The zero-order valence-corrected chi connectivity index (χ0v) is 12.4. The molecule has 0 fully saturated rings. The summed E-state index contributed by atoms with van der Waals surface area (Å²) in [6.07, 6.45) is 0. The fraction of sp³-hybridized carbons (Fsp3) is 0.357. The van der Waals surface area contributed by atoms with E-state index >= 15 is 0 Å². The summed E-state index contributed by atoms with van der Waals surface area (Å²) in [5, 5.41) is 7.38. The van der Waals surface area contributed by atoms with Gasteiger partial charge in [0, 0.05) is 21.5 Å². The molecule has 2 rings (SSSR count). The lowest BCUT2D eigenvalue weighted by Crippen LogP contribution is -2.11. The van der Waals surface area contributed by atoms with Crippen LogP contribution >= 0.6 is 22.9 Å². The van der Waals surface area contributed by atoms with E-state index in [1.165, 1.54) is 5.01 Å². The van der Waals surface area contributed by atoms with Crippen LogP contribution in [0.4, 0.5) is 5.69 Å². The Balaban J connectivity index is 1.98. The second-order valence-electron chi connectivity index (χ2n) is 5.25. The SMILES string of the molecule is CC(C)(C)c1nc(CNc2ccc(Cl)cc2)cs1. The maximum atomic E-state index is 5.84. The highest BCUT2D eigenvalue weighted by molar-refractivity contribution is 7.09. The fourth-order valence-electron chi connectivity index (χ4n) is 1.49. The van der Waals surface area contributed by atoms with E-state index < -0.39 is 0 Å². The number of rotatable bonds is 3. The molecule has 18 heavy (non-hydrogen) atoms. The largest absolute Gasteiger partial charge is 0.379 e. The standard InChI is InChI=1S/C14H17ClN2S/c1-14(2,3)13-17-12(9-18-13)8-16-11-6-4-10(15)5-7-11/h4-7,9,16H,8H2,1-3H3. The summed E-state index contributed by atoms with van der Waals surface area (Å²) in [5.74, 6) is 0. The van der Waals surface area contributed by atoms with Gasteiger partial charge in [0.15, 0.2) is 0 Å². The summed E-state index contributed by atoms with van der Waals surface area (Å²) in [6.45, 7) is 7.29. The number of hydrogen-bond donors (Lipinski definition) is 1. The average Bonchev–Trinajstić information content (AvgIpc) is 2.77. The third-order valence-electron chi connectivity index (χ3n) is 2.51. The summed E-state index contributed by atoms with van der Waals surface area (Å²) in [4.78, 5) is 4.64. The summed E-state index contributed by atoms with van der Waals surface area (Å²) in [5.41, 5.74) is 2.27. The Labute approximate surface area is 117 Å². The number of benzene rings is 1. The highest BCUT2D eigenvalue weighted by Crippen LogP contribution is 2.25. The molecule has 96 valence electrons. The third-order valence-corrected chi connectivity index (χ3v) is 4.08. The topological polar surface area (TPSA) is 24.9 Å². The lowest BCUT2D eigenvalue weighted by atomic mass is 9.98. The van der Waals surface area contributed by atoms with E-state index in [0.717, 1.165) is 22.9 Å². The first-order chi connectivity index (χ1) is 8.45. The number of nitrogens with one attached hydrogen (secondary N) is 1. The second-order valence-corrected chi connectivity index (χ2v) is 6.55. The smallest absolute Gasteiger partial charge is 0.0982 e. The molecule has 1 N–H and O–H groups in total. The van der Waals surface area contributed by atoms with Crippen LogP contribution in [0.1, 0.15) is 31.5 Å². The van der Waals surface area contributed by atoms with Crippen LogP contribution in [-0.2, 0) is 12.0 Å². The van der Waals surface area contributed by atoms with Crippen LogP contribution in [0.2, 0.25) is 5.02 Å². The van der Waals surface area contributed by atoms with Crippen molar-refractivity contribution < 1.29 is 0 Å². The number of halogens is 1. The molecule has 1 aromatic heterocycles. The lowest BCUT2D eigenvalue weighted by molar-refractivity contribution is 0.583. The summed E-state index contributed by atoms with van der Waals surface area (Å²) < 4.78 is 0. The Morgan fingerprint density at radius 3 is 2.44 bits per heavy atom. The molecule has 1 heterocycles. The van der Waals surface area contributed by atoms with Gasteiger partial charge in [-0.1, -0.05) is 32.4 Å². The van der Waals surface area contributed by atoms with Crippen LogP contribution in [0.5, 0.6) is 0 Å². The average molecular weight is 281 g/mol. The number of anilines is 1. The van der Waals surface area contributed by atoms with Crippen molar-refractivity contribution in [3.05, 3.63) is 45.4 Å². The van der Waals surface area contributed by atoms with E-state index in [-0.39, 0.29) is 5.41 Å². The maximum absolute atomic E-state index is 5.84. The lowest BCUT2D eigenvalue weighted by Gasteiger charge is -2.13. The van der Waals surface area contributed by atoms with Crippen molar-refractivity contribution in [3.8, 4) is 0 Å². The Kier molecular flexibility index (Phi) is 3.93. The highest BCUT2D eigenvalue weighted by Gasteiger charge is 2.17. The summed E-state index contributed by atoms with van der Waals surface area (Å²) >= 11 is 7.57. The van der Waals surface area contributed by atoms with E-state index in [0.29, 0.717) is 0 Å². The van der Waals surface area contributed by atoms with Gasteiger partial charge in [-0.25, -0.2) is 4.98 Å². The molecule has 1 aromatic carbocycles. The Morgan fingerprint density at radius 2 is 1.89 bits per heavy atom. The van der Waals surface area contributed by atoms with E-state index in [1.54, 1.807) is 11.3 Å². The van der Waals surface area contributed by atoms with Gasteiger partial charge in [-0.2, -0.15) is 0 Å². The predicted octanol–water partition coefficient (Wildman–Crippen LogP) is 4.71. The normalized spacial score (nSPS) is 11.6. The Bertz CT molecular complexity index is 511. The molecule has 0 spiro atoms. The predicted molar refractivity (Wildman–Crippen MR) is 79.6 cm³/mol. The van der Waals surface area contributed by atoms with Crippen molar-refractivity contribution in [2.24, 2.45) is 0 Å². The molecule has 0 aliphatic heterocycles. The van der Waals surface area contributed by atoms with Gasteiger partial charge in [0.2, 0.25) is 0 Å². The second kappa shape index (κ2) is 5.29. The molecule has 0 bridgehead atoms. The molecular weight excluding hydrogens is 264 g/mol. The van der Waals surface area contributed by atoms with Crippen molar-refractivity contribution >= 4 is 28.6 Å². The van der Waals surface area contributed by atoms with Crippen LogP contribution in [0, 0.1) is 0 Å². The minimum Gasteiger partial charge on any atom is -0.379 e. The summed E-state index contributed by atoms with van der Waals surface area (Å²) in [7, 11) is 0. The third kappa shape index (κ3) is 3.47. The van der Waals surface area contributed by atoms with Crippen molar-refractivity contribution in [1.29, 1.82) is 0 Å². The molecule has 2 aromatic rings. The van der Waals surface area contributed by atoms with E-state index in [9.17, 15) is 0 Å². The number of aromatic nitrogens is 1. The van der Waals surface area contributed by atoms with E-state index in [4.69, 9.17) is 11.6 Å². The zero-order chi connectivity index (χ0) is 13.2. The number of hydrogen-bond acceptors (Lipinski definition) is 3. The van der Waals surface area contributed by atoms with Crippen molar-refractivity contribution in [1.82, 2.24) is 4.98 Å². The molecule has 0 radical (unpaired) electrons. The fourth-order valence-corrected chi connectivity index (χ4v) is 2.53. The van der Waals surface area contributed by atoms with Gasteiger partial charge in [-0.3, -0.25) is 0 Å². The molecular formula is C14H17ClN2S. The molecule has 0 saturated carbocycles.